The number of rotatable bonds is 7. The molecule has 2 bridgehead atoms. The number of hydrogen-bond donors (Lipinski definition) is 1. The van der Waals surface area contributed by atoms with Gasteiger partial charge in [-0.05, 0) is 62.5 Å². The number of ether oxygens (including phenoxy) is 1. The predicted octanol–water partition coefficient (Wildman–Crippen LogP) is 3.25. The second-order valence-electron chi connectivity index (χ2n) is 7.20. The number of hydrogen-bond acceptors (Lipinski definition) is 5. The minimum absolute atomic E-state index is 0.0847. The number of nitro benzene ring substituents is 1. The number of non-ortho nitro benzene ring substituents is 1. The number of esters is 1. The maximum atomic E-state index is 12.5. The van der Waals surface area contributed by atoms with Crippen LogP contribution in [0.25, 0.3) is 0 Å². The van der Waals surface area contributed by atoms with Crippen molar-refractivity contribution in [3.8, 4) is 0 Å². The van der Waals surface area contributed by atoms with E-state index in [2.05, 4.69) is 17.5 Å². The molecule has 1 aromatic rings. The third-order valence-corrected chi connectivity index (χ3v) is 5.47. The highest BCUT2D eigenvalue weighted by atomic mass is 16.6. The quantitative estimate of drug-likeness (QED) is 0.343. The molecule has 4 atom stereocenters. The van der Waals surface area contributed by atoms with Crippen LogP contribution in [0, 0.1) is 27.9 Å². The minimum atomic E-state index is -0.717. The van der Waals surface area contributed by atoms with E-state index in [1.54, 1.807) is 6.92 Å². The largest absolute Gasteiger partial charge is 0.464 e. The van der Waals surface area contributed by atoms with Crippen molar-refractivity contribution < 1.29 is 19.2 Å². The van der Waals surface area contributed by atoms with Crippen LogP contribution in [0.3, 0.4) is 0 Å². The van der Waals surface area contributed by atoms with Crippen LogP contribution in [0.4, 0.5) is 5.69 Å². The standard InChI is InChI=1S/C20H24N2O5/c1-2-27-20(24)18(12-16-11-13-3-5-14(16)6-4-13)21-19(23)15-7-9-17(10-8-15)22(25)26/h3,5,7-10,13-14,16,18H,2,4,6,11-12H2,1H3,(H,21,23)/t13-,14+,16+,18?/m0/s1. The number of carbonyl (C=O) groups excluding carboxylic acids is 2. The van der Waals surface area contributed by atoms with Gasteiger partial charge in [-0.1, -0.05) is 12.2 Å². The Bertz CT molecular complexity index is 743. The Morgan fingerprint density at radius 1 is 1.26 bits per heavy atom. The van der Waals surface area contributed by atoms with Crippen LogP contribution < -0.4 is 5.32 Å². The third kappa shape index (κ3) is 4.53. The Balaban J connectivity index is 1.69. The summed E-state index contributed by atoms with van der Waals surface area (Å²) < 4.78 is 5.15. The topological polar surface area (TPSA) is 98.5 Å². The number of amides is 1. The van der Waals surface area contributed by atoms with Gasteiger partial charge in [0.05, 0.1) is 11.5 Å². The summed E-state index contributed by atoms with van der Waals surface area (Å²) in [5, 5.41) is 13.5. The first-order chi connectivity index (χ1) is 13.0. The van der Waals surface area contributed by atoms with E-state index < -0.39 is 22.8 Å². The van der Waals surface area contributed by atoms with E-state index in [9.17, 15) is 19.7 Å². The third-order valence-electron chi connectivity index (χ3n) is 5.47. The zero-order valence-corrected chi connectivity index (χ0v) is 15.3. The molecule has 0 aliphatic heterocycles. The molecule has 1 N–H and O–H groups in total. The van der Waals surface area contributed by atoms with Crippen molar-refractivity contribution in [3.63, 3.8) is 0 Å². The molecule has 0 heterocycles. The van der Waals surface area contributed by atoms with Gasteiger partial charge in [0.2, 0.25) is 0 Å². The summed E-state index contributed by atoms with van der Waals surface area (Å²) >= 11 is 0. The SMILES string of the molecule is CCOC(=O)C(C[C@H]1C[C@H]2C=C[C@@H]1CC2)NC(=O)c1ccc([N+](=O)[O-])cc1. The number of allylic oxidation sites excluding steroid dienone is 2. The Morgan fingerprint density at radius 3 is 2.52 bits per heavy atom. The van der Waals surface area contributed by atoms with Gasteiger partial charge in [-0.2, -0.15) is 0 Å². The number of nitrogens with zero attached hydrogens (tertiary/aromatic N) is 1. The molecule has 27 heavy (non-hydrogen) atoms. The summed E-state index contributed by atoms with van der Waals surface area (Å²) in [6.07, 6.45) is 8.39. The van der Waals surface area contributed by atoms with Crippen LogP contribution in [0.1, 0.15) is 43.0 Å². The Morgan fingerprint density at radius 2 is 2.00 bits per heavy atom. The van der Waals surface area contributed by atoms with Crippen molar-refractivity contribution in [1.82, 2.24) is 5.32 Å². The van der Waals surface area contributed by atoms with E-state index in [4.69, 9.17) is 4.74 Å². The van der Waals surface area contributed by atoms with Crippen LogP contribution in [0.2, 0.25) is 0 Å². The highest BCUT2D eigenvalue weighted by Gasteiger charge is 2.35. The molecule has 7 nitrogen and oxygen atoms in total. The Kier molecular flexibility index (Phi) is 5.88. The van der Waals surface area contributed by atoms with Crippen molar-refractivity contribution in [2.75, 3.05) is 6.61 Å². The first kappa shape index (κ1) is 19.1. The summed E-state index contributed by atoms with van der Waals surface area (Å²) in [4.78, 5) is 35.2. The molecule has 3 aliphatic rings. The molecule has 3 aliphatic carbocycles. The number of fused-ring (bicyclic) bond motifs is 2. The second kappa shape index (κ2) is 8.33. The fourth-order valence-electron chi connectivity index (χ4n) is 4.06. The molecule has 4 rings (SSSR count). The summed E-state index contributed by atoms with van der Waals surface area (Å²) in [6.45, 7) is 1.98. The minimum Gasteiger partial charge on any atom is -0.464 e. The molecule has 1 unspecified atom stereocenters. The summed E-state index contributed by atoms with van der Waals surface area (Å²) in [7, 11) is 0. The van der Waals surface area contributed by atoms with Crippen LogP contribution in [-0.4, -0.2) is 29.4 Å². The highest BCUT2D eigenvalue weighted by molar-refractivity contribution is 5.96. The molecule has 1 aromatic carbocycles. The fourth-order valence-corrected chi connectivity index (χ4v) is 4.06. The van der Waals surface area contributed by atoms with Gasteiger partial charge in [-0.25, -0.2) is 4.79 Å². The molecule has 1 saturated carbocycles. The molecule has 0 saturated heterocycles. The van der Waals surface area contributed by atoms with Crippen LogP contribution in [0.15, 0.2) is 36.4 Å². The van der Waals surface area contributed by atoms with E-state index in [0.717, 1.165) is 12.8 Å². The number of benzene rings is 1. The maximum Gasteiger partial charge on any atom is 0.328 e. The van der Waals surface area contributed by atoms with Gasteiger partial charge in [0.25, 0.3) is 11.6 Å². The summed E-state index contributed by atoms with van der Waals surface area (Å²) in [5.74, 6) is 0.495. The zero-order chi connectivity index (χ0) is 19.4. The Hall–Kier alpha value is -2.70. The van der Waals surface area contributed by atoms with Crippen molar-refractivity contribution in [2.24, 2.45) is 17.8 Å². The molecule has 144 valence electrons. The average molecular weight is 372 g/mol. The van der Waals surface area contributed by atoms with E-state index in [0.29, 0.717) is 24.2 Å². The number of nitrogens with one attached hydrogen (secondary N) is 1. The van der Waals surface area contributed by atoms with Crippen molar-refractivity contribution >= 4 is 17.6 Å². The molecular formula is C20H24N2O5. The van der Waals surface area contributed by atoms with Gasteiger partial charge in [0, 0.05) is 17.7 Å². The predicted molar refractivity (Wildman–Crippen MR) is 99.1 cm³/mol. The molecule has 7 heteroatoms. The van der Waals surface area contributed by atoms with Gasteiger partial charge < -0.3 is 10.1 Å². The van der Waals surface area contributed by atoms with E-state index in [1.807, 2.05) is 0 Å². The summed E-state index contributed by atoms with van der Waals surface area (Å²) in [6, 6.07) is 4.62. The number of carbonyl (C=O) groups is 2. The van der Waals surface area contributed by atoms with E-state index in [1.165, 1.54) is 30.7 Å². The molecule has 1 amide bonds. The van der Waals surface area contributed by atoms with E-state index >= 15 is 0 Å². The second-order valence-corrected chi connectivity index (χ2v) is 7.20. The van der Waals surface area contributed by atoms with Crippen LogP contribution >= 0.6 is 0 Å². The fraction of sp³-hybridized carbons (Fsp3) is 0.500. The van der Waals surface area contributed by atoms with Crippen molar-refractivity contribution in [1.29, 1.82) is 0 Å². The lowest BCUT2D eigenvalue weighted by atomic mass is 9.67. The van der Waals surface area contributed by atoms with Crippen molar-refractivity contribution in [2.45, 2.75) is 38.6 Å². The van der Waals surface area contributed by atoms with Crippen LogP contribution in [0.5, 0.6) is 0 Å². The lowest BCUT2D eigenvalue weighted by Crippen LogP contribution is -2.44. The smallest absolute Gasteiger partial charge is 0.328 e. The van der Waals surface area contributed by atoms with Gasteiger partial charge in [-0.15, -0.1) is 0 Å². The Labute approximate surface area is 157 Å². The number of nitro groups is 1. The normalized spacial score (nSPS) is 24.3. The summed E-state index contributed by atoms with van der Waals surface area (Å²) in [5.41, 5.74) is 0.193. The van der Waals surface area contributed by atoms with Gasteiger partial charge >= 0.3 is 5.97 Å². The lowest BCUT2D eigenvalue weighted by Gasteiger charge is -2.39. The molecule has 1 fully saturated rings. The first-order valence-electron chi connectivity index (χ1n) is 9.38. The monoisotopic (exact) mass is 372 g/mol. The van der Waals surface area contributed by atoms with Gasteiger partial charge in [0.15, 0.2) is 0 Å². The van der Waals surface area contributed by atoms with E-state index in [-0.39, 0.29) is 17.9 Å². The molecular weight excluding hydrogens is 348 g/mol. The van der Waals surface area contributed by atoms with Crippen molar-refractivity contribution in [3.05, 3.63) is 52.1 Å². The van der Waals surface area contributed by atoms with Gasteiger partial charge in [0.1, 0.15) is 6.04 Å². The molecule has 0 radical (unpaired) electrons. The zero-order valence-electron chi connectivity index (χ0n) is 15.3. The maximum absolute atomic E-state index is 12.5. The molecule has 0 aromatic heterocycles. The first-order valence-corrected chi connectivity index (χ1v) is 9.38. The highest BCUT2D eigenvalue weighted by Crippen LogP contribution is 2.42. The lowest BCUT2D eigenvalue weighted by molar-refractivity contribution is -0.384. The van der Waals surface area contributed by atoms with Gasteiger partial charge in [-0.3, -0.25) is 14.9 Å². The molecule has 0 spiro atoms. The average Bonchev–Trinajstić information content (AvgIpc) is 2.68. The van der Waals surface area contributed by atoms with Crippen LogP contribution in [-0.2, 0) is 9.53 Å².